The van der Waals surface area contributed by atoms with Crippen LogP contribution in [0.1, 0.15) is 40.7 Å². The molecule has 3 heteroatoms. The van der Waals surface area contributed by atoms with Crippen LogP contribution in [0, 0.1) is 6.92 Å². The Kier molecular flexibility index (Phi) is 4.88. The standard InChI is InChI=1S/C18H19NO2/c1-13-3-9-17(10-4-13)19-18(21)11-14(2)16-7-5-15(12-20)6-8-16/h3-10,12,14H,11H2,1-2H3,(H,19,21). The molecule has 0 heterocycles. The van der Waals surface area contributed by atoms with E-state index in [1.54, 1.807) is 12.1 Å². The largest absolute Gasteiger partial charge is 0.326 e. The van der Waals surface area contributed by atoms with Gasteiger partial charge in [0.25, 0.3) is 0 Å². The SMILES string of the molecule is Cc1ccc(NC(=O)CC(C)c2ccc(C=O)cc2)cc1. The van der Waals surface area contributed by atoms with Gasteiger partial charge in [0, 0.05) is 17.7 Å². The molecule has 0 fully saturated rings. The number of nitrogens with one attached hydrogen (secondary N) is 1. The Bertz CT molecular complexity index is 615. The van der Waals surface area contributed by atoms with Crippen molar-refractivity contribution in [1.82, 2.24) is 0 Å². The van der Waals surface area contributed by atoms with E-state index in [9.17, 15) is 9.59 Å². The number of aryl methyl sites for hydroxylation is 1. The van der Waals surface area contributed by atoms with Gasteiger partial charge in [0.2, 0.25) is 5.91 Å². The Labute approximate surface area is 125 Å². The topological polar surface area (TPSA) is 46.2 Å². The van der Waals surface area contributed by atoms with Gasteiger partial charge in [-0.3, -0.25) is 9.59 Å². The molecule has 1 atom stereocenters. The lowest BCUT2D eigenvalue weighted by atomic mass is 9.96. The minimum Gasteiger partial charge on any atom is -0.326 e. The average Bonchev–Trinajstić information content (AvgIpc) is 2.49. The summed E-state index contributed by atoms with van der Waals surface area (Å²) in [5, 5.41) is 2.90. The molecule has 0 aliphatic carbocycles. The monoisotopic (exact) mass is 281 g/mol. The van der Waals surface area contributed by atoms with Crippen molar-refractivity contribution >= 4 is 17.9 Å². The van der Waals surface area contributed by atoms with Crippen molar-refractivity contribution in [3.8, 4) is 0 Å². The number of rotatable bonds is 5. The summed E-state index contributed by atoms with van der Waals surface area (Å²) in [7, 11) is 0. The highest BCUT2D eigenvalue weighted by molar-refractivity contribution is 5.91. The molecular formula is C18H19NO2. The first-order valence-electron chi connectivity index (χ1n) is 7.00. The van der Waals surface area contributed by atoms with Gasteiger partial charge in [-0.05, 0) is 30.5 Å². The molecule has 0 spiro atoms. The summed E-state index contributed by atoms with van der Waals surface area (Å²) in [4.78, 5) is 22.7. The second-order valence-corrected chi connectivity index (χ2v) is 5.30. The second-order valence-electron chi connectivity index (χ2n) is 5.30. The van der Waals surface area contributed by atoms with Crippen LogP contribution in [0.4, 0.5) is 5.69 Å². The normalized spacial score (nSPS) is 11.7. The summed E-state index contributed by atoms with van der Waals surface area (Å²) in [5.74, 6) is 0.0990. The Balaban J connectivity index is 1.94. The van der Waals surface area contributed by atoms with Crippen LogP contribution >= 0.6 is 0 Å². The Hall–Kier alpha value is -2.42. The zero-order valence-corrected chi connectivity index (χ0v) is 12.3. The molecule has 0 saturated carbocycles. The highest BCUT2D eigenvalue weighted by atomic mass is 16.1. The van der Waals surface area contributed by atoms with Gasteiger partial charge in [-0.15, -0.1) is 0 Å². The van der Waals surface area contributed by atoms with E-state index in [2.05, 4.69) is 5.32 Å². The van der Waals surface area contributed by atoms with Gasteiger partial charge in [0.05, 0.1) is 0 Å². The average molecular weight is 281 g/mol. The van der Waals surface area contributed by atoms with Crippen LogP contribution in [0.15, 0.2) is 48.5 Å². The number of benzene rings is 2. The first-order valence-corrected chi connectivity index (χ1v) is 7.00. The van der Waals surface area contributed by atoms with Crippen molar-refractivity contribution in [2.75, 3.05) is 5.32 Å². The number of anilines is 1. The zero-order chi connectivity index (χ0) is 15.2. The van der Waals surface area contributed by atoms with Crippen LogP contribution in [0.25, 0.3) is 0 Å². The fraction of sp³-hybridized carbons (Fsp3) is 0.222. The molecule has 2 aromatic carbocycles. The summed E-state index contributed by atoms with van der Waals surface area (Å²) in [5.41, 5.74) is 3.68. The van der Waals surface area contributed by atoms with Crippen molar-refractivity contribution in [2.24, 2.45) is 0 Å². The molecule has 21 heavy (non-hydrogen) atoms. The maximum atomic E-state index is 12.0. The van der Waals surface area contributed by atoms with Gasteiger partial charge in [0.15, 0.2) is 0 Å². The van der Waals surface area contributed by atoms with Gasteiger partial charge in [-0.25, -0.2) is 0 Å². The van der Waals surface area contributed by atoms with Crippen LogP contribution in [-0.2, 0) is 4.79 Å². The first-order chi connectivity index (χ1) is 10.1. The van der Waals surface area contributed by atoms with Crippen molar-refractivity contribution in [1.29, 1.82) is 0 Å². The third-order valence-corrected chi connectivity index (χ3v) is 3.47. The highest BCUT2D eigenvalue weighted by Crippen LogP contribution is 2.20. The van der Waals surface area contributed by atoms with E-state index in [0.717, 1.165) is 23.1 Å². The fourth-order valence-corrected chi connectivity index (χ4v) is 2.15. The van der Waals surface area contributed by atoms with Gasteiger partial charge in [-0.1, -0.05) is 48.9 Å². The van der Waals surface area contributed by atoms with Crippen LogP contribution in [0.3, 0.4) is 0 Å². The molecule has 0 aromatic heterocycles. The Morgan fingerprint density at radius 1 is 1.10 bits per heavy atom. The molecule has 0 radical (unpaired) electrons. The van der Waals surface area contributed by atoms with Crippen molar-refractivity contribution < 1.29 is 9.59 Å². The van der Waals surface area contributed by atoms with Gasteiger partial charge in [-0.2, -0.15) is 0 Å². The third kappa shape index (κ3) is 4.28. The molecule has 0 aliphatic rings. The van der Waals surface area contributed by atoms with Crippen LogP contribution in [0.2, 0.25) is 0 Å². The van der Waals surface area contributed by atoms with Crippen LogP contribution < -0.4 is 5.32 Å². The molecule has 1 amide bonds. The van der Waals surface area contributed by atoms with E-state index in [4.69, 9.17) is 0 Å². The quantitative estimate of drug-likeness (QED) is 0.844. The van der Waals surface area contributed by atoms with E-state index in [1.807, 2.05) is 50.2 Å². The zero-order valence-electron chi connectivity index (χ0n) is 12.3. The van der Waals surface area contributed by atoms with E-state index >= 15 is 0 Å². The molecule has 108 valence electrons. The number of carbonyl (C=O) groups excluding carboxylic acids is 2. The molecule has 0 bridgehead atoms. The Morgan fingerprint density at radius 3 is 2.29 bits per heavy atom. The number of aldehydes is 1. The van der Waals surface area contributed by atoms with Crippen LogP contribution in [0.5, 0.6) is 0 Å². The summed E-state index contributed by atoms with van der Waals surface area (Å²) in [6.07, 6.45) is 1.23. The highest BCUT2D eigenvalue weighted by Gasteiger charge is 2.11. The molecule has 2 rings (SSSR count). The molecule has 2 aromatic rings. The minimum atomic E-state index is -0.00850. The summed E-state index contributed by atoms with van der Waals surface area (Å²) < 4.78 is 0. The number of carbonyl (C=O) groups is 2. The molecule has 1 unspecified atom stereocenters. The lowest BCUT2D eigenvalue weighted by Crippen LogP contribution is -2.14. The molecular weight excluding hydrogens is 262 g/mol. The third-order valence-electron chi connectivity index (χ3n) is 3.47. The predicted molar refractivity (Wildman–Crippen MR) is 84.7 cm³/mol. The van der Waals surface area contributed by atoms with Gasteiger partial charge >= 0.3 is 0 Å². The van der Waals surface area contributed by atoms with E-state index in [0.29, 0.717) is 12.0 Å². The second kappa shape index (κ2) is 6.84. The smallest absolute Gasteiger partial charge is 0.224 e. The minimum absolute atomic E-state index is 0.00850. The summed E-state index contributed by atoms with van der Waals surface area (Å²) in [6.45, 7) is 4.02. The maximum absolute atomic E-state index is 12.0. The van der Waals surface area contributed by atoms with Crippen LogP contribution in [-0.4, -0.2) is 12.2 Å². The predicted octanol–water partition coefficient (Wildman–Crippen LogP) is 3.94. The van der Waals surface area contributed by atoms with E-state index in [1.165, 1.54) is 0 Å². The fourth-order valence-electron chi connectivity index (χ4n) is 2.15. The van der Waals surface area contributed by atoms with Gasteiger partial charge < -0.3 is 5.32 Å². The van der Waals surface area contributed by atoms with Gasteiger partial charge in [0.1, 0.15) is 6.29 Å². The lowest BCUT2D eigenvalue weighted by Gasteiger charge is -2.12. The van der Waals surface area contributed by atoms with Crippen molar-refractivity contribution in [2.45, 2.75) is 26.2 Å². The number of hydrogen-bond donors (Lipinski definition) is 1. The molecule has 0 aliphatic heterocycles. The molecule has 0 saturated heterocycles. The summed E-state index contributed by atoms with van der Waals surface area (Å²) in [6, 6.07) is 15.1. The first kappa shape index (κ1) is 15.0. The van der Waals surface area contributed by atoms with E-state index in [-0.39, 0.29) is 11.8 Å². The Morgan fingerprint density at radius 2 is 1.71 bits per heavy atom. The lowest BCUT2D eigenvalue weighted by molar-refractivity contribution is -0.116. The number of amides is 1. The van der Waals surface area contributed by atoms with Crippen molar-refractivity contribution in [3.05, 3.63) is 65.2 Å². The summed E-state index contributed by atoms with van der Waals surface area (Å²) >= 11 is 0. The van der Waals surface area contributed by atoms with E-state index < -0.39 is 0 Å². The van der Waals surface area contributed by atoms with Crippen molar-refractivity contribution in [3.63, 3.8) is 0 Å². The number of hydrogen-bond acceptors (Lipinski definition) is 2. The molecule has 3 nitrogen and oxygen atoms in total. The molecule has 1 N–H and O–H groups in total. The maximum Gasteiger partial charge on any atom is 0.224 e.